The highest BCUT2D eigenvalue weighted by Gasteiger charge is 2.43. The fourth-order valence-electron chi connectivity index (χ4n) is 3.92. The monoisotopic (exact) mass is 306 g/mol. The number of nitrogens with zero attached hydrogens (tertiary/aromatic N) is 4. The Morgan fingerprint density at radius 1 is 1.23 bits per heavy atom. The smallest absolute Gasteiger partial charge is 0.248 e. The third-order valence-electron chi connectivity index (χ3n) is 5.41. The highest BCUT2D eigenvalue weighted by Crippen LogP contribution is 2.35. The SMILES string of the molecule is NCC1CCC(NC(=O)C2(n3cnnn3)CCCCC2)CC1. The fourth-order valence-corrected chi connectivity index (χ4v) is 3.92. The first kappa shape index (κ1) is 15.4. The van der Waals surface area contributed by atoms with Gasteiger partial charge in [0.05, 0.1) is 0 Å². The largest absolute Gasteiger partial charge is 0.351 e. The Kier molecular flexibility index (Phi) is 4.71. The van der Waals surface area contributed by atoms with Crippen molar-refractivity contribution in [2.24, 2.45) is 11.7 Å². The molecule has 1 amide bonds. The number of tetrazole rings is 1. The van der Waals surface area contributed by atoms with E-state index in [0.29, 0.717) is 5.92 Å². The van der Waals surface area contributed by atoms with Gasteiger partial charge in [-0.1, -0.05) is 19.3 Å². The van der Waals surface area contributed by atoms with Crippen molar-refractivity contribution in [1.29, 1.82) is 0 Å². The van der Waals surface area contributed by atoms with Gasteiger partial charge in [-0.2, -0.15) is 0 Å². The zero-order valence-electron chi connectivity index (χ0n) is 13.1. The minimum absolute atomic E-state index is 0.0932. The molecule has 7 heteroatoms. The van der Waals surface area contributed by atoms with Crippen molar-refractivity contribution in [3.63, 3.8) is 0 Å². The van der Waals surface area contributed by atoms with Crippen molar-refractivity contribution < 1.29 is 4.79 Å². The zero-order chi connectivity index (χ0) is 15.4. The van der Waals surface area contributed by atoms with E-state index in [0.717, 1.165) is 57.9 Å². The van der Waals surface area contributed by atoms with Crippen LogP contribution in [-0.4, -0.2) is 38.7 Å². The summed E-state index contributed by atoms with van der Waals surface area (Å²) in [4.78, 5) is 13.0. The van der Waals surface area contributed by atoms with Crippen molar-refractivity contribution in [2.45, 2.75) is 69.4 Å². The van der Waals surface area contributed by atoms with Crippen LogP contribution in [0.1, 0.15) is 57.8 Å². The number of nitrogens with two attached hydrogens (primary N) is 1. The lowest BCUT2D eigenvalue weighted by atomic mass is 9.80. The molecule has 7 nitrogen and oxygen atoms in total. The van der Waals surface area contributed by atoms with Gasteiger partial charge >= 0.3 is 0 Å². The molecule has 0 radical (unpaired) electrons. The number of nitrogens with one attached hydrogen (secondary N) is 1. The molecule has 0 atom stereocenters. The molecule has 3 N–H and O–H groups in total. The van der Waals surface area contributed by atoms with Gasteiger partial charge in [0.25, 0.3) is 0 Å². The zero-order valence-corrected chi connectivity index (χ0v) is 13.1. The van der Waals surface area contributed by atoms with Gasteiger partial charge in [-0.15, -0.1) is 5.10 Å². The molecule has 1 heterocycles. The normalized spacial score (nSPS) is 28.2. The van der Waals surface area contributed by atoms with Crippen molar-refractivity contribution >= 4 is 5.91 Å². The Morgan fingerprint density at radius 3 is 2.55 bits per heavy atom. The van der Waals surface area contributed by atoms with E-state index in [9.17, 15) is 4.79 Å². The molecule has 22 heavy (non-hydrogen) atoms. The molecule has 0 unspecified atom stereocenters. The molecule has 2 aliphatic rings. The minimum atomic E-state index is -0.591. The van der Waals surface area contributed by atoms with Gasteiger partial charge in [-0.3, -0.25) is 4.79 Å². The predicted octanol–water partition coefficient (Wildman–Crippen LogP) is 0.966. The molecule has 122 valence electrons. The lowest BCUT2D eigenvalue weighted by Gasteiger charge is -2.37. The van der Waals surface area contributed by atoms with E-state index >= 15 is 0 Å². The van der Waals surface area contributed by atoms with Gasteiger partial charge in [0, 0.05) is 6.04 Å². The first-order valence-corrected chi connectivity index (χ1v) is 8.49. The maximum Gasteiger partial charge on any atom is 0.248 e. The minimum Gasteiger partial charge on any atom is -0.351 e. The Labute approximate surface area is 131 Å². The summed E-state index contributed by atoms with van der Waals surface area (Å²) in [5, 5.41) is 14.8. The van der Waals surface area contributed by atoms with E-state index in [-0.39, 0.29) is 11.9 Å². The highest BCUT2D eigenvalue weighted by atomic mass is 16.2. The quantitative estimate of drug-likeness (QED) is 0.863. The van der Waals surface area contributed by atoms with Crippen LogP contribution in [0.4, 0.5) is 0 Å². The average molecular weight is 306 g/mol. The molecule has 0 spiro atoms. The number of hydrogen-bond donors (Lipinski definition) is 2. The van der Waals surface area contributed by atoms with Crippen LogP contribution in [0, 0.1) is 5.92 Å². The summed E-state index contributed by atoms with van der Waals surface area (Å²) in [7, 11) is 0. The third kappa shape index (κ3) is 2.99. The van der Waals surface area contributed by atoms with E-state index in [4.69, 9.17) is 5.73 Å². The fraction of sp³-hybridized carbons (Fsp3) is 0.867. The first-order chi connectivity index (χ1) is 10.7. The van der Waals surface area contributed by atoms with Gasteiger partial charge < -0.3 is 11.1 Å². The van der Waals surface area contributed by atoms with Crippen molar-refractivity contribution in [1.82, 2.24) is 25.5 Å². The van der Waals surface area contributed by atoms with E-state index in [1.807, 2.05) is 0 Å². The molecule has 2 saturated carbocycles. The third-order valence-corrected chi connectivity index (χ3v) is 5.41. The van der Waals surface area contributed by atoms with Crippen LogP contribution in [0.2, 0.25) is 0 Å². The number of carbonyl (C=O) groups excluding carboxylic acids is 1. The molecule has 2 aliphatic carbocycles. The van der Waals surface area contributed by atoms with Gasteiger partial charge in [0.2, 0.25) is 5.91 Å². The molecule has 1 aromatic rings. The number of rotatable bonds is 4. The van der Waals surface area contributed by atoms with E-state index in [1.165, 1.54) is 6.42 Å². The second-order valence-corrected chi connectivity index (χ2v) is 6.77. The van der Waals surface area contributed by atoms with Gasteiger partial charge in [-0.25, -0.2) is 4.68 Å². The number of amides is 1. The summed E-state index contributed by atoms with van der Waals surface area (Å²) in [5.41, 5.74) is 5.15. The van der Waals surface area contributed by atoms with Crippen LogP contribution in [-0.2, 0) is 10.3 Å². The Bertz CT molecular complexity index is 474. The number of hydrogen-bond acceptors (Lipinski definition) is 5. The topological polar surface area (TPSA) is 98.7 Å². The van der Waals surface area contributed by atoms with Crippen LogP contribution < -0.4 is 11.1 Å². The van der Waals surface area contributed by atoms with Crippen molar-refractivity contribution in [2.75, 3.05) is 6.54 Å². The van der Waals surface area contributed by atoms with E-state index in [2.05, 4.69) is 20.8 Å². The molecule has 0 saturated heterocycles. The van der Waals surface area contributed by atoms with Gasteiger partial charge in [0.15, 0.2) is 0 Å². The Balaban J connectivity index is 1.68. The van der Waals surface area contributed by atoms with Crippen molar-refractivity contribution in [3.05, 3.63) is 6.33 Å². The lowest BCUT2D eigenvalue weighted by molar-refractivity contribution is -0.133. The summed E-state index contributed by atoms with van der Waals surface area (Å²) in [6, 6.07) is 0.269. The molecule has 2 fully saturated rings. The number of carbonyl (C=O) groups is 1. The van der Waals surface area contributed by atoms with Crippen LogP contribution >= 0.6 is 0 Å². The molecular weight excluding hydrogens is 280 g/mol. The second-order valence-electron chi connectivity index (χ2n) is 6.77. The molecule has 0 bridgehead atoms. The number of aromatic nitrogens is 4. The van der Waals surface area contributed by atoms with Crippen LogP contribution in [0.5, 0.6) is 0 Å². The second kappa shape index (κ2) is 6.73. The first-order valence-electron chi connectivity index (χ1n) is 8.49. The van der Waals surface area contributed by atoms with Crippen LogP contribution in [0.3, 0.4) is 0 Å². The Morgan fingerprint density at radius 2 is 1.95 bits per heavy atom. The summed E-state index contributed by atoms with van der Waals surface area (Å²) >= 11 is 0. The lowest BCUT2D eigenvalue weighted by Crippen LogP contribution is -2.53. The highest BCUT2D eigenvalue weighted by molar-refractivity contribution is 5.84. The van der Waals surface area contributed by atoms with Crippen LogP contribution in [0.25, 0.3) is 0 Å². The molecular formula is C15H26N6O. The van der Waals surface area contributed by atoms with Gasteiger partial charge in [0.1, 0.15) is 11.9 Å². The van der Waals surface area contributed by atoms with E-state index < -0.39 is 5.54 Å². The summed E-state index contributed by atoms with van der Waals surface area (Å²) < 4.78 is 1.67. The molecule has 0 aromatic carbocycles. The standard InChI is InChI=1S/C15H26N6O/c16-10-12-4-6-13(7-5-12)18-14(22)15(8-2-1-3-9-15)21-11-17-19-20-21/h11-13H,1-10,16H2,(H,18,22). The summed E-state index contributed by atoms with van der Waals surface area (Å²) in [5.74, 6) is 0.715. The average Bonchev–Trinajstić information content (AvgIpc) is 3.11. The summed E-state index contributed by atoms with van der Waals surface area (Å²) in [6.45, 7) is 0.759. The summed E-state index contributed by atoms with van der Waals surface area (Å²) in [6.07, 6.45) is 10.8. The van der Waals surface area contributed by atoms with E-state index in [1.54, 1.807) is 11.0 Å². The maximum absolute atomic E-state index is 13.0. The maximum atomic E-state index is 13.0. The van der Waals surface area contributed by atoms with Crippen LogP contribution in [0.15, 0.2) is 6.33 Å². The molecule has 1 aromatic heterocycles. The Hall–Kier alpha value is -1.50. The van der Waals surface area contributed by atoms with Crippen molar-refractivity contribution in [3.8, 4) is 0 Å². The molecule has 0 aliphatic heterocycles. The predicted molar refractivity (Wildman–Crippen MR) is 81.8 cm³/mol. The van der Waals surface area contributed by atoms with Gasteiger partial charge in [-0.05, 0) is 61.4 Å². The molecule has 3 rings (SSSR count).